The summed E-state index contributed by atoms with van der Waals surface area (Å²) in [6.45, 7) is 6.34. The molecule has 88 valence electrons. The lowest BCUT2D eigenvalue weighted by Crippen LogP contribution is -2.17. The van der Waals surface area contributed by atoms with Gasteiger partial charge in [0.15, 0.2) is 0 Å². The van der Waals surface area contributed by atoms with Gasteiger partial charge in [-0.2, -0.15) is 0 Å². The van der Waals surface area contributed by atoms with Gasteiger partial charge in [0.2, 0.25) is 0 Å². The zero-order valence-electron chi connectivity index (χ0n) is 10.3. The number of aliphatic hydroxyl groups excluding tert-OH is 1. The van der Waals surface area contributed by atoms with E-state index in [1.165, 1.54) is 7.11 Å². The fourth-order valence-electron chi connectivity index (χ4n) is 0.767. The van der Waals surface area contributed by atoms with E-state index in [-0.39, 0.29) is 0 Å². The van der Waals surface area contributed by atoms with Gasteiger partial charge in [0.05, 0.1) is 7.11 Å². The summed E-state index contributed by atoms with van der Waals surface area (Å²) in [5.41, 5.74) is 3.08. The van der Waals surface area contributed by atoms with Crippen LogP contribution in [0.4, 0.5) is 0 Å². The lowest BCUT2D eigenvalue weighted by molar-refractivity contribution is -0.133. The van der Waals surface area contributed by atoms with Crippen molar-refractivity contribution in [2.24, 2.45) is 0 Å². The van der Waals surface area contributed by atoms with Crippen molar-refractivity contribution in [3.05, 3.63) is 0 Å². The lowest BCUT2D eigenvalue weighted by Gasteiger charge is -2.05. The molecule has 0 bridgehead atoms. The molecule has 1 unspecified atom stereocenters. The van der Waals surface area contributed by atoms with Crippen LogP contribution in [0.15, 0.2) is 0 Å². The van der Waals surface area contributed by atoms with Gasteiger partial charge in [-0.15, -0.1) is 5.54 Å². The van der Waals surface area contributed by atoms with Gasteiger partial charge in [-0.3, -0.25) is 0 Å². The predicted molar refractivity (Wildman–Crippen MR) is 66.2 cm³/mol. The average Bonchev–Trinajstić information content (AvgIpc) is 2.20. The minimum atomic E-state index is -1.42. The van der Waals surface area contributed by atoms with E-state index >= 15 is 0 Å². The molecule has 4 heteroatoms. The number of rotatable bonds is 2. The third kappa shape index (κ3) is 9.33. The Hall–Kier alpha value is -1.23. The highest BCUT2D eigenvalue weighted by molar-refractivity contribution is 6.83. The van der Waals surface area contributed by atoms with Gasteiger partial charge in [-0.05, 0) is 6.42 Å². The van der Waals surface area contributed by atoms with E-state index in [0.717, 1.165) is 0 Å². The van der Waals surface area contributed by atoms with Gasteiger partial charge >= 0.3 is 5.97 Å². The molecule has 0 saturated carbocycles. The zero-order valence-corrected chi connectivity index (χ0v) is 11.3. The molecule has 0 aliphatic rings. The summed E-state index contributed by atoms with van der Waals surface area (Å²) < 4.78 is 4.35. The summed E-state index contributed by atoms with van der Waals surface area (Å²) in [6, 6.07) is 0. The first-order chi connectivity index (χ1) is 7.35. The van der Waals surface area contributed by atoms with Crippen molar-refractivity contribution in [2.45, 2.75) is 38.6 Å². The first kappa shape index (κ1) is 14.8. The number of carbonyl (C=O) groups excluding carboxylic acids is 1. The lowest BCUT2D eigenvalue weighted by atomic mass is 10.2. The topological polar surface area (TPSA) is 46.5 Å². The van der Waals surface area contributed by atoms with Crippen LogP contribution in [0.5, 0.6) is 0 Å². The van der Waals surface area contributed by atoms with Crippen LogP contribution in [0.25, 0.3) is 0 Å². The van der Waals surface area contributed by atoms with E-state index in [9.17, 15) is 9.90 Å². The Balaban J connectivity index is 3.97. The monoisotopic (exact) mass is 238 g/mol. The van der Waals surface area contributed by atoms with Crippen molar-refractivity contribution in [1.82, 2.24) is 0 Å². The van der Waals surface area contributed by atoms with Crippen LogP contribution in [0.2, 0.25) is 19.6 Å². The van der Waals surface area contributed by atoms with Crippen LogP contribution in [0.3, 0.4) is 0 Å². The van der Waals surface area contributed by atoms with Crippen molar-refractivity contribution >= 4 is 14.0 Å². The van der Waals surface area contributed by atoms with Crippen LogP contribution in [-0.2, 0) is 9.53 Å². The molecular weight excluding hydrogens is 220 g/mol. The Morgan fingerprint density at radius 3 is 2.56 bits per heavy atom. The van der Waals surface area contributed by atoms with Gasteiger partial charge in [0, 0.05) is 12.3 Å². The molecule has 0 heterocycles. The maximum absolute atomic E-state index is 10.6. The van der Waals surface area contributed by atoms with E-state index in [1.54, 1.807) is 0 Å². The quantitative estimate of drug-likeness (QED) is 0.340. The first-order valence-corrected chi connectivity index (χ1v) is 8.63. The number of esters is 1. The molecule has 16 heavy (non-hydrogen) atoms. The third-order valence-electron chi connectivity index (χ3n) is 1.53. The number of ether oxygens (including phenoxy) is 1. The molecule has 0 fully saturated rings. The van der Waals surface area contributed by atoms with Gasteiger partial charge in [-0.1, -0.05) is 31.5 Å². The second-order valence-electron chi connectivity index (χ2n) is 4.37. The van der Waals surface area contributed by atoms with E-state index in [1.807, 2.05) is 0 Å². The SMILES string of the molecule is COC(=O)C#CCCC(O)C#C[Si](C)(C)C. The fraction of sp³-hybridized carbons (Fsp3) is 0.583. The number of aliphatic hydroxyl groups is 1. The van der Waals surface area contributed by atoms with Gasteiger partial charge in [0.1, 0.15) is 14.2 Å². The Bertz CT molecular complexity index is 346. The maximum Gasteiger partial charge on any atom is 0.384 e. The fourth-order valence-corrected chi connectivity index (χ4v) is 1.37. The molecule has 0 saturated heterocycles. The standard InChI is InChI=1S/C12H18O3Si/c1-15-12(14)8-6-5-7-11(13)9-10-16(2,3)4/h11,13H,5,7H2,1-4H3. The second kappa shape index (κ2) is 7.11. The van der Waals surface area contributed by atoms with Crippen molar-refractivity contribution in [3.8, 4) is 23.3 Å². The molecule has 0 spiro atoms. The summed E-state index contributed by atoms with van der Waals surface area (Å²) in [7, 11) is -0.139. The summed E-state index contributed by atoms with van der Waals surface area (Å²) in [5.74, 6) is 7.18. The smallest absolute Gasteiger partial charge is 0.384 e. The summed E-state index contributed by atoms with van der Waals surface area (Å²) in [5, 5.41) is 9.50. The van der Waals surface area contributed by atoms with Crippen molar-refractivity contribution < 1.29 is 14.6 Å². The Morgan fingerprint density at radius 1 is 1.44 bits per heavy atom. The number of hydrogen-bond acceptors (Lipinski definition) is 3. The van der Waals surface area contributed by atoms with Crippen LogP contribution in [0.1, 0.15) is 12.8 Å². The van der Waals surface area contributed by atoms with E-state index < -0.39 is 20.1 Å². The molecule has 1 N–H and O–H groups in total. The highest BCUT2D eigenvalue weighted by Crippen LogP contribution is 1.99. The van der Waals surface area contributed by atoms with Gasteiger partial charge in [0.25, 0.3) is 0 Å². The van der Waals surface area contributed by atoms with Crippen LogP contribution >= 0.6 is 0 Å². The molecular formula is C12H18O3Si. The molecule has 0 aliphatic carbocycles. The first-order valence-electron chi connectivity index (χ1n) is 5.13. The second-order valence-corrected chi connectivity index (χ2v) is 9.12. The van der Waals surface area contributed by atoms with Crippen molar-refractivity contribution in [2.75, 3.05) is 7.11 Å². The molecule has 0 aromatic heterocycles. The zero-order chi connectivity index (χ0) is 12.6. The highest BCUT2D eigenvalue weighted by Gasteiger charge is 2.08. The minimum absolute atomic E-state index is 0.441. The summed E-state index contributed by atoms with van der Waals surface area (Å²) in [4.78, 5) is 10.6. The van der Waals surface area contributed by atoms with Crippen molar-refractivity contribution in [3.63, 3.8) is 0 Å². The maximum atomic E-state index is 10.6. The van der Waals surface area contributed by atoms with Crippen LogP contribution < -0.4 is 0 Å². The molecule has 1 atom stereocenters. The van der Waals surface area contributed by atoms with Crippen LogP contribution in [0, 0.1) is 23.3 Å². The average molecular weight is 238 g/mol. The molecule has 0 aromatic rings. The largest absolute Gasteiger partial charge is 0.459 e. The van der Waals surface area contributed by atoms with Gasteiger partial charge in [-0.25, -0.2) is 4.79 Å². The van der Waals surface area contributed by atoms with E-state index in [0.29, 0.717) is 12.8 Å². The summed E-state index contributed by atoms with van der Waals surface area (Å²) in [6.07, 6.45) is 0.247. The Labute approximate surface area is 98.2 Å². The number of methoxy groups -OCH3 is 1. The Kier molecular flexibility index (Phi) is 6.56. The number of carbonyl (C=O) groups is 1. The van der Waals surface area contributed by atoms with Crippen molar-refractivity contribution in [1.29, 1.82) is 0 Å². The van der Waals surface area contributed by atoms with Crippen LogP contribution in [-0.4, -0.2) is 32.4 Å². The van der Waals surface area contributed by atoms with E-state index in [4.69, 9.17) is 0 Å². The minimum Gasteiger partial charge on any atom is -0.459 e. The molecule has 0 radical (unpaired) electrons. The molecule has 3 nitrogen and oxygen atoms in total. The molecule has 0 amide bonds. The summed E-state index contributed by atoms with van der Waals surface area (Å²) >= 11 is 0. The number of hydrogen-bond donors (Lipinski definition) is 1. The highest BCUT2D eigenvalue weighted by atomic mass is 28.3. The van der Waals surface area contributed by atoms with Gasteiger partial charge < -0.3 is 9.84 Å². The van der Waals surface area contributed by atoms with E-state index in [2.05, 4.69) is 47.7 Å². The normalized spacial score (nSPS) is 11.6. The molecule has 0 rings (SSSR count). The third-order valence-corrected chi connectivity index (χ3v) is 2.43. The Morgan fingerprint density at radius 2 is 2.06 bits per heavy atom. The molecule has 0 aromatic carbocycles. The predicted octanol–water partition coefficient (Wildman–Crippen LogP) is 1.18. The molecule has 0 aliphatic heterocycles.